The molecule has 3 atom stereocenters. The van der Waals surface area contributed by atoms with Crippen molar-refractivity contribution in [3.05, 3.63) is 0 Å². The number of fused-ring (bicyclic) bond motifs is 1. The van der Waals surface area contributed by atoms with E-state index in [1.165, 1.54) is 25.7 Å². The summed E-state index contributed by atoms with van der Waals surface area (Å²) in [6, 6.07) is 0.650. The maximum absolute atomic E-state index is 10.3. The average molecular weight is 183 g/mol. The highest BCUT2D eigenvalue weighted by atomic mass is 16.3. The molecule has 13 heavy (non-hydrogen) atoms. The van der Waals surface area contributed by atoms with E-state index in [0.29, 0.717) is 12.0 Å². The molecular formula is C11H21NO. The molecule has 0 bridgehead atoms. The highest BCUT2D eigenvalue weighted by Crippen LogP contribution is 2.40. The topological polar surface area (TPSA) is 23.5 Å². The smallest absolute Gasteiger partial charge is 0.0674 e. The second kappa shape index (κ2) is 3.25. The highest BCUT2D eigenvalue weighted by Gasteiger charge is 2.43. The fourth-order valence-electron chi connectivity index (χ4n) is 3.12. The van der Waals surface area contributed by atoms with Gasteiger partial charge >= 0.3 is 0 Å². The molecule has 1 N–H and O–H groups in total. The second-order valence-corrected chi connectivity index (χ2v) is 5.05. The quantitative estimate of drug-likeness (QED) is 0.617. The maximum Gasteiger partial charge on any atom is 0.0674 e. The van der Waals surface area contributed by atoms with Gasteiger partial charge in [0.15, 0.2) is 0 Å². The van der Waals surface area contributed by atoms with Gasteiger partial charge in [-0.15, -0.1) is 0 Å². The summed E-state index contributed by atoms with van der Waals surface area (Å²) >= 11 is 0. The number of likely N-dealkylation sites (tertiary alicyclic amines) is 1. The van der Waals surface area contributed by atoms with Crippen molar-refractivity contribution < 1.29 is 5.11 Å². The Balaban J connectivity index is 2.14. The summed E-state index contributed by atoms with van der Waals surface area (Å²) in [5, 5.41) is 10.3. The first-order valence-electron chi connectivity index (χ1n) is 5.54. The molecule has 0 aromatic carbocycles. The van der Waals surface area contributed by atoms with E-state index >= 15 is 0 Å². The van der Waals surface area contributed by atoms with Crippen molar-refractivity contribution in [3.63, 3.8) is 0 Å². The number of hydrogen-bond acceptors (Lipinski definition) is 2. The highest BCUT2D eigenvalue weighted by molar-refractivity contribution is 4.97. The molecule has 1 saturated heterocycles. The standard InChI is InChI=1S/C11H21NO/c1-11(13)7-8-12(2)10-6-4-3-5-9(10)11/h9-10,13H,3-8H2,1-2H3. The van der Waals surface area contributed by atoms with Crippen molar-refractivity contribution in [1.29, 1.82) is 0 Å². The van der Waals surface area contributed by atoms with E-state index in [2.05, 4.69) is 11.9 Å². The summed E-state index contributed by atoms with van der Waals surface area (Å²) in [4.78, 5) is 2.45. The zero-order valence-electron chi connectivity index (χ0n) is 8.79. The van der Waals surface area contributed by atoms with Gasteiger partial charge in [-0.1, -0.05) is 12.8 Å². The Bertz CT molecular complexity index is 191. The Hall–Kier alpha value is -0.0800. The third kappa shape index (κ3) is 1.62. The average Bonchev–Trinajstić information content (AvgIpc) is 2.13. The maximum atomic E-state index is 10.3. The Morgan fingerprint density at radius 1 is 1.31 bits per heavy atom. The first kappa shape index (κ1) is 9.47. The lowest BCUT2D eigenvalue weighted by Crippen LogP contribution is -2.56. The van der Waals surface area contributed by atoms with Gasteiger partial charge in [0.2, 0.25) is 0 Å². The van der Waals surface area contributed by atoms with Crippen molar-refractivity contribution in [2.24, 2.45) is 5.92 Å². The summed E-state index contributed by atoms with van der Waals surface area (Å²) in [7, 11) is 2.21. The van der Waals surface area contributed by atoms with Crippen LogP contribution in [0.1, 0.15) is 39.0 Å². The van der Waals surface area contributed by atoms with Gasteiger partial charge in [-0.05, 0) is 33.2 Å². The molecule has 2 nitrogen and oxygen atoms in total. The van der Waals surface area contributed by atoms with Crippen LogP contribution in [0.5, 0.6) is 0 Å². The molecule has 2 fully saturated rings. The van der Waals surface area contributed by atoms with Crippen LogP contribution < -0.4 is 0 Å². The second-order valence-electron chi connectivity index (χ2n) is 5.05. The van der Waals surface area contributed by atoms with E-state index in [4.69, 9.17) is 0 Å². The van der Waals surface area contributed by atoms with Crippen LogP contribution in [0.4, 0.5) is 0 Å². The van der Waals surface area contributed by atoms with Crippen LogP contribution in [0.15, 0.2) is 0 Å². The molecule has 1 saturated carbocycles. The van der Waals surface area contributed by atoms with Crippen LogP contribution in [0.2, 0.25) is 0 Å². The largest absolute Gasteiger partial charge is 0.390 e. The fourth-order valence-corrected chi connectivity index (χ4v) is 3.12. The SMILES string of the molecule is CN1CCC(C)(O)C2CCCCC21. The first-order chi connectivity index (χ1) is 6.11. The number of hydrogen-bond donors (Lipinski definition) is 1. The molecule has 2 aliphatic rings. The molecule has 76 valence electrons. The molecule has 0 spiro atoms. The molecule has 1 aliphatic carbocycles. The third-order valence-electron chi connectivity index (χ3n) is 4.07. The van der Waals surface area contributed by atoms with Crippen LogP contribution >= 0.6 is 0 Å². The van der Waals surface area contributed by atoms with Crippen LogP contribution in [0, 0.1) is 5.92 Å². The number of aliphatic hydroxyl groups is 1. The Labute approximate surface area is 80.9 Å². The Kier molecular flexibility index (Phi) is 2.37. The van der Waals surface area contributed by atoms with Crippen molar-refractivity contribution >= 4 is 0 Å². The monoisotopic (exact) mass is 183 g/mol. The molecular weight excluding hydrogens is 162 g/mol. The number of nitrogens with zero attached hydrogens (tertiary/aromatic N) is 1. The fraction of sp³-hybridized carbons (Fsp3) is 1.00. The molecule has 2 heteroatoms. The zero-order chi connectivity index (χ0) is 9.47. The van der Waals surface area contributed by atoms with E-state index in [1.54, 1.807) is 0 Å². The van der Waals surface area contributed by atoms with E-state index < -0.39 is 5.60 Å². The van der Waals surface area contributed by atoms with Crippen LogP contribution in [-0.2, 0) is 0 Å². The minimum Gasteiger partial charge on any atom is -0.390 e. The van der Waals surface area contributed by atoms with Gasteiger partial charge in [0.1, 0.15) is 0 Å². The molecule has 3 unspecified atom stereocenters. The predicted octanol–water partition coefficient (Wildman–Crippen LogP) is 1.63. The summed E-state index contributed by atoms with van der Waals surface area (Å²) < 4.78 is 0. The Morgan fingerprint density at radius 2 is 2.00 bits per heavy atom. The van der Waals surface area contributed by atoms with E-state index in [0.717, 1.165) is 13.0 Å². The summed E-state index contributed by atoms with van der Waals surface area (Å²) in [5.74, 6) is 0.528. The molecule has 0 amide bonds. The van der Waals surface area contributed by atoms with Gasteiger partial charge < -0.3 is 10.0 Å². The lowest BCUT2D eigenvalue weighted by molar-refractivity contribution is -0.0958. The van der Waals surface area contributed by atoms with Gasteiger partial charge in [-0.2, -0.15) is 0 Å². The lowest BCUT2D eigenvalue weighted by atomic mass is 9.70. The van der Waals surface area contributed by atoms with E-state index in [1.807, 2.05) is 6.92 Å². The van der Waals surface area contributed by atoms with Crippen molar-refractivity contribution in [2.45, 2.75) is 50.7 Å². The lowest BCUT2D eigenvalue weighted by Gasteiger charge is -2.50. The van der Waals surface area contributed by atoms with Crippen LogP contribution in [-0.4, -0.2) is 35.2 Å². The van der Waals surface area contributed by atoms with Crippen molar-refractivity contribution in [1.82, 2.24) is 4.90 Å². The molecule has 1 heterocycles. The molecule has 0 aromatic rings. The van der Waals surface area contributed by atoms with E-state index in [-0.39, 0.29) is 0 Å². The van der Waals surface area contributed by atoms with Crippen LogP contribution in [0.25, 0.3) is 0 Å². The van der Waals surface area contributed by atoms with Gasteiger partial charge in [0, 0.05) is 18.5 Å². The third-order valence-corrected chi connectivity index (χ3v) is 4.07. The summed E-state index contributed by atoms with van der Waals surface area (Å²) in [5.41, 5.74) is -0.391. The van der Waals surface area contributed by atoms with Crippen molar-refractivity contribution in [2.75, 3.05) is 13.6 Å². The number of rotatable bonds is 0. The summed E-state index contributed by atoms with van der Waals surface area (Å²) in [6.07, 6.45) is 6.12. The van der Waals surface area contributed by atoms with Gasteiger partial charge in [0.25, 0.3) is 0 Å². The summed E-state index contributed by atoms with van der Waals surface area (Å²) in [6.45, 7) is 3.09. The normalized spacial score (nSPS) is 47.3. The molecule has 0 aromatic heterocycles. The minimum absolute atomic E-state index is 0.391. The zero-order valence-corrected chi connectivity index (χ0v) is 8.79. The van der Waals surface area contributed by atoms with Gasteiger partial charge in [-0.3, -0.25) is 0 Å². The first-order valence-corrected chi connectivity index (χ1v) is 5.54. The molecule has 1 aliphatic heterocycles. The molecule has 0 radical (unpaired) electrons. The van der Waals surface area contributed by atoms with Gasteiger partial charge in [0.05, 0.1) is 5.60 Å². The van der Waals surface area contributed by atoms with Gasteiger partial charge in [-0.25, -0.2) is 0 Å². The predicted molar refractivity (Wildman–Crippen MR) is 53.6 cm³/mol. The minimum atomic E-state index is -0.391. The molecule has 2 rings (SSSR count). The van der Waals surface area contributed by atoms with E-state index in [9.17, 15) is 5.11 Å². The number of piperidine rings is 1. The van der Waals surface area contributed by atoms with Crippen LogP contribution in [0.3, 0.4) is 0 Å². The Morgan fingerprint density at radius 3 is 2.69 bits per heavy atom. The van der Waals surface area contributed by atoms with Crippen molar-refractivity contribution in [3.8, 4) is 0 Å².